The molecule has 0 saturated carbocycles. The van der Waals surface area contributed by atoms with Gasteiger partial charge in [0.1, 0.15) is 6.04 Å². The topological polar surface area (TPSA) is 64.3 Å². The molecule has 0 aliphatic heterocycles. The van der Waals surface area contributed by atoms with Crippen molar-refractivity contribution in [2.75, 3.05) is 19.0 Å². The molecule has 0 saturated heterocycles. The highest BCUT2D eigenvalue weighted by Gasteiger charge is 2.12. The summed E-state index contributed by atoms with van der Waals surface area (Å²) in [4.78, 5) is 11.4. The number of halogens is 1. The normalized spacial score (nSPS) is 12.2. The van der Waals surface area contributed by atoms with Gasteiger partial charge in [-0.25, -0.2) is 0 Å². The Kier molecular flexibility index (Phi) is 4.55. The van der Waals surface area contributed by atoms with Gasteiger partial charge >= 0.3 is 0 Å². The van der Waals surface area contributed by atoms with Crippen LogP contribution in [0.2, 0.25) is 5.02 Å². The average Bonchev–Trinajstić information content (AvgIpc) is 2.22. The van der Waals surface area contributed by atoms with Crippen LogP contribution >= 0.6 is 11.6 Å². The number of hydrogen-bond acceptors (Lipinski definition) is 3. The van der Waals surface area contributed by atoms with Crippen LogP contribution in [0.5, 0.6) is 0 Å². The standard InChI is InChI=1S/C10H13ClN2O2/c1-15-6-9(12)10(14)13-8-4-2-7(11)3-5-8/h2-5,9H,6,12H2,1H3,(H,13,14). The summed E-state index contributed by atoms with van der Waals surface area (Å²) < 4.78 is 4.77. The number of benzene rings is 1. The van der Waals surface area contributed by atoms with E-state index in [0.717, 1.165) is 0 Å². The molecule has 1 aromatic rings. The maximum Gasteiger partial charge on any atom is 0.243 e. The highest BCUT2D eigenvalue weighted by atomic mass is 35.5. The molecule has 5 heteroatoms. The first kappa shape index (κ1) is 12.0. The molecule has 4 nitrogen and oxygen atoms in total. The van der Waals surface area contributed by atoms with Gasteiger partial charge in [0.05, 0.1) is 6.61 Å². The summed E-state index contributed by atoms with van der Waals surface area (Å²) in [6.45, 7) is 0.194. The number of carbonyl (C=O) groups excluding carboxylic acids is 1. The molecule has 0 aliphatic rings. The number of carbonyl (C=O) groups is 1. The lowest BCUT2D eigenvalue weighted by atomic mass is 10.2. The molecule has 0 fully saturated rings. The highest BCUT2D eigenvalue weighted by Crippen LogP contribution is 2.13. The zero-order valence-corrected chi connectivity index (χ0v) is 9.12. The fraction of sp³-hybridized carbons (Fsp3) is 0.300. The molecule has 1 aromatic carbocycles. The van der Waals surface area contributed by atoms with E-state index in [1.54, 1.807) is 24.3 Å². The first-order valence-electron chi connectivity index (χ1n) is 4.44. The third kappa shape index (κ3) is 3.87. The second-order valence-corrected chi connectivity index (χ2v) is 3.49. The monoisotopic (exact) mass is 228 g/mol. The van der Waals surface area contributed by atoms with Gasteiger partial charge in [0.25, 0.3) is 0 Å². The molecule has 1 rings (SSSR count). The first-order chi connectivity index (χ1) is 7.13. The summed E-state index contributed by atoms with van der Waals surface area (Å²) in [5, 5.41) is 3.27. The summed E-state index contributed by atoms with van der Waals surface area (Å²) in [5.41, 5.74) is 6.21. The Morgan fingerprint density at radius 2 is 2.13 bits per heavy atom. The highest BCUT2D eigenvalue weighted by molar-refractivity contribution is 6.30. The third-order valence-corrected chi connectivity index (χ3v) is 2.05. The number of ether oxygens (including phenoxy) is 1. The Morgan fingerprint density at radius 1 is 1.53 bits per heavy atom. The molecule has 1 amide bonds. The van der Waals surface area contributed by atoms with E-state index in [4.69, 9.17) is 22.1 Å². The molecule has 0 aromatic heterocycles. The SMILES string of the molecule is COCC(N)C(=O)Nc1ccc(Cl)cc1. The number of rotatable bonds is 4. The van der Waals surface area contributed by atoms with Crippen LogP contribution in [0, 0.1) is 0 Å². The Hall–Kier alpha value is -1.10. The van der Waals surface area contributed by atoms with Crippen LogP contribution in [0.3, 0.4) is 0 Å². The molecule has 15 heavy (non-hydrogen) atoms. The number of methoxy groups -OCH3 is 1. The van der Waals surface area contributed by atoms with Crippen molar-refractivity contribution in [2.24, 2.45) is 5.73 Å². The van der Waals surface area contributed by atoms with Gasteiger partial charge in [0.15, 0.2) is 0 Å². The molecule has 82 valence electrons. The van der Waals surface area contributed by atoms with E-state index < -0.39 is 6.04 Å². The summed E-state index contributed by atoms with van der Waals surface area (Å²) >= 11 is 5.70. The van der Waals surface area contributed by atoms with Crippen molar-refractivity contribution in [1.82, 2.24) is 0 Å². The predicted octanol–water partition coefficient (Wildman–Crippen LogP) is 1.25. The second-order valence-electron chi connectivity index (χ2n) is 3.06. The van der Waals surface area contributed by atoms with Gasteiger partial charge in [0, 0.05) is 17.8 Å². The number of nitrogens with two attached hydrogens (primary N) is 1. The smallest absolute Gasteiger partial charge is 0.243 e. The van der Waals surface area contributed by atoms with Gasteiger partial charge in [-0.05, 0) is 24.3 Å². The predicted molar refractivity (Wildman–Crippen MR) is 59.9 cm³/mol. The molecule has 0 radical (unpaired) electrons. The number of nitrogens with one attached hydrogen (secondary N) is 1. The zero-order chi connectivity index (χ0) is 11.3. The summed E-state index contributed by atoms with van der Waals surface area (Å²) in [6, 6.07) is 6.14. The van der Waals surface area contributed by atoms with Crippen LogP contribution < -0.4 is 11.1 Å². The van der Waals surface area contributed by atoms with Crippen molar-refractivity contribution < 1.29 is 9.53 Å². The lowest BCUT2D eigenvalue weighted by molar-refractivity contribution is -0.118. The number of anilines is 1. The number of hydrogen-bond donors (Lipinski definition) is 2. The summed E-state index contributed by atoms with van der Waals surface area (Å²) in [5.74, 6) is -0.279. The van der Waals surface area contributed by atoms with Crippen molar-refractivity contribution in [3.8, 4) is 0 Å². The van der Waals surface area contributed by atoms with Crippen molar-refractivity contribution in [1.29, 1.82) is 0 Å². The van der Waals surface area contributed by atoms with Gasteiger partial charge in [-0.3, -0.25) is 4.79 Å². The van der Waals surface area contributed by atoms with Gasteiger partial charge < -0.3 is 15.8 Å². The average molecular weight is 229 g/mol. The molecule has 0 spiro atoms. The maximum absolute atomic E-state index is 11.4. The fourth-order valence-electron chi connectivity index (χ4n) is 1.02. The summed E-state index contributed by atoms with van der Waals surface area (Å²) in [7, 11) is 1.50. The van der Waals surface area contributed by atoms with Crippen molar-refractivity contribution in [2.45, 2.75) is 6.04 Å². The van der Waals surface area contributed by atoms with Crippen LogP contribution in [-0.2, 0) is 9.53 Å². The van der Waals surface area contributed by atoms with Gasteiger partial charge in [-0.2, -0.15) is 0 Å². The van der Waals surface area contributed by atoms with Gasteiger partial charge in [-0.15, -0.1) is 0 Å². The van der Waals surface area contributed by atoms with Crippen molar-refractivity contribution in [3.63, 3.8) is 0 Å². The van der Waals surface area contributed by atoms with E-state index in [-0.39, 0.29) is 12.5 Å². The second kappa shape index (κ2) is 5.70. The van der Waals surface area contributed by atoms with Crippen LogP contribution in [-0.4, -0.2) is 25.7 Å². The molecular weight excluding hydrogens is 216 g/mol. The Morgan fingerprint density at radius 3 is 2.67 bits per heavy atom. The van der Waals surface area contributed by atoms with E-state index in [1.165, 1.54) is 7.11 Å². The van der Waals surface area contributed by atoms with Crippen molar-refractivity contribution in [3.05, 3.63) is 29.3 Å². The quantitative estimate of drug-likeness (QED) is 0.815. The van der Waals surface area contributed by atoms with Crippen LogP contribution in [0.15, 0.2) is 24.3 Å². The number of amides is 1. The van der Waals surface area contributed by atoms with E-state index in [0.29, 0.717) is 10.7 Å². The van der Waals surface area contributed by atoms with E-state index in [1.807, 2.05) is 0 Å². The van der Waals surface area contributed by atoms with Crippen molar-refractivity contribution >= 4 is 23.2 Å². The minimum atomic E-state index is -0.661. The Labute approximate surface area is 93.4 Å². The zero-order valence-electron chi connectivity index (χ0n) is 8.37. The largest absolute Gasteiger partial charge is 0.383 e. The molecule has 0 bridgehead atoms. The van der Waals surface area contributed by atoms with Crippen LogP contribution in [0.1, 0.15) is 0 Å². The van der Waals surface area contributed by atoms with Crippen LogP contribution in [0.25, 0.3) is 0 Å². The van der Waals surface area contributed by atoms with E-state index >= 15 is 0 Å². The molecule has 3 N–H and O–H groups in total. The first-order valence-corrected chi connectivity index (χ1v) is 4.82. The van der Waals surface area contributed by atoms with Gasteiger partial charge in [-0.1, -0.05) is 11.6 Å². The minimum Gasteiger partial charge on any atom is -0.383 e. The molecular formula is C10H13ClN2O2. The van der Waals surface area contributed by atoms with Gasteiger partial charge in [0.2, 0.25) is 5.91 Å². The molecule has 0 aliphatic carbocycles. The van der Waals surface area contributed by atoms with E-state index in [2.05, 4.69) is 5.32 Å². The molecule has 1 atom stereocenters. The summed E-state index contributed by atoms with van der Waals surface area (Å²) in [6.07, 6.45) is 0. The van der Waals surface area contributed by atoms with E-state index in [9.17, 15) is 4.79 Å². The fourth-order valence-corrected chi connectivity index (χ4v) is 1.15. The molecule has 1 unspecified atom stereocenters. The molecule has 0 heterocycles. The third-order valence-electron chi connectivity index (χ3n) is 1.79. The maximum atomic E-state index is 11.4. The lowest BCUT2D eigenvalue weighted by Gasteiger charge is -2.10. The Balaban J connectivity index is 2.54. The van der Waals surface area contributed by atoms with Crippen LogP contribution in [0.4, 0.5) is 5.69 Å². The lowest BCUT2D eigenvalue weighted by Crippen LogP contribution is -2.39. The Bertz CT molecular complexity index is 327. The minimum absolute atomic E-state index is 0.194.